The van der Waals surface area contributed by atoms with E-state index >= 15 is 0 Å². The minimum absolute atomic E-state index is 0.159. The predicted molar refractivity (Wildman–Crippen MR) is 102 cm³/mol. The molecule has 3 heterocycles. The first kappa shape index (κ1) is 19.9. The van der Waals surface area contributed by atoms with Crippen LogP contribution in [0, 0.1) is 0 Å². The van der Waals surface area contributed by atoms with Crippen LogP contribution in [0.1, 0.15) is 31.2 Å². The Bertz CT molecular complexity index is 1060. The van der Waals surface area contributed by atoms with Gasteiger partial charge in [0, 0.05) is 18.4 Å². The normalized spacial score (nSPS) is 19.4. The molecule has 0 spiro atoms. The average molecular weight is 417 g/mol. The molecule has 1 amide bonds. The lowest BCUT2D eigenvalue weighted by Crippen LogP contribution is -2.47. The number of anilines is 2. The summed E-state index contributed by atoms with van der Waals surface area (Å²) in [6.07, 6.45) is -1.49. The van der Waals surface area contributed by atoms with Crippen molar-refractivity contribution < 1.29 is 22.4 Å². The number of hydrogen-bond acceptors (Lipinski definition) is 6. The molecule has 30 heavy (non-hydrogen) atoms. The molecular formula is C20H18F3N5O2. The minimum Gasteiger partial charge on any atom is -0.419 e. The maximum absolute atomic E-state index is 12.8. The van der Waals surface area contributed by atoms with Gasteiger partial charge in [-0.25, -0.2) is 4.98 Å². The number of hydrogen-bond donors (Lipinski definition) is 2. The maximum Gasteiger partial charge on any atom is 0.416 e. The van der Waals surface area contributed by atoms with Crippen LogP contribution in [0.2, 0.25) is 0 Å². The maximum atomic E-state index is 12.8. The molecule has 4 rings (SSSR count). The predicted octanol–water partition coefficient (Wildman–Crippen LogP) is 4.06. The fraction of sp³-hybridized carbons (Fsp3) is 0.300. The van der Waals surface area contributed by atoms with E-state index in [-0.39, 0.29) is 17.7 Å². The number of piperidine rings is 1. The van der Waals surface area contributed by atoms with E-state index in [0.717, 1.165) is 18.6 Å². The summed E-state index contributed by atoms with van der Waals surface area (Å²) in [6.45, 7) is 2.36. The summed E-state index contributed by atoms with van der Waals surface area (Å²) >= 11 is 0. The van der Waals surface area contributed by atoms with Gasteiger partial charge < -0.3 is 15.1 Å². The smallest absolute Gasteiger partial charge is 0.416 e. The Kier molecular flexibility index (Phi) is 4.92. The summed E-state index contributed by atoms with van der Waals surface area (Å²) in [6, 6.07) is 7.96. The van der Waals surface area contributed by atoms with E-state index in [1.807, 2.05) is 0 Å². The van der Waals surface area contributed by atoms with Gasteiger partial charge in [-0.2, -0.15) is 13.2 Å². The Morgan fingerprint density at radius 2 is 1.93 bits per heavy atom. The molecule has 1 atom stereocenters. The number of rotatable bonds is 4. The second-order valence-corrected chi connectivity index (χ2v) is 7.20. The molecule has 1 saturated heterocycles. The van der Waals surface area contributed by atoms with Crippen molar-refractivity contribution in [2.45, 2.75) is 31.4 Å². The third kappa shape index (κ3) is 3.72. The summed E-state index contributed by atoms with van der Waals surface area (Å²) in [7, 11) is 0. The van der Waals surface area contributed by atoms with E-state index in [2.05, 4.69) is 25.8 Å². The third-order valence-corrected chi connectivity index (χ3v) is 5.05. The van der Waals surface area contributed by atoms with E-state index in [1.54, 1.807) is 19.1 Å². The van der Waals surface area contributed by atoms with E-state index in [1.165, 1.54) is 18.3 Å². The van der Waals surface area contributed by atoms with Gasteiger partial charge in [0.15, 0.2) is 0 Å². The van der Waals surface area contributed by atoms with Gasteiger partial charge >= 0.3 is 6.18 Å². The summed E-state index contributed by atoms with van der Waals surface area (Å²) < 4.78 is 44.1. The van der Waals surface area contributed by atoms with Crippen molar-refractivity contribution in [3.63, 3.8) is 0 Å². The molecule has 156 valence electrons. The molecule has 3 aromatic rings. The highest BCUT2D eigenvalue weighted by Gasteiger charge is 2.42. The largest absolute Gasteiger partial charge is 0.419 e. The monoisotopic (exact) mass is 417 g/mol. The van der Waals surface area contributed by atoms with Crippen molar-refractivity contribution in [3.8, 4) is 11.5 Å². The second kappa shape index (κ2) is 7.43. The van der Waals surface area contributed by atoms with Crippen LogP contribution in [-0.4, -0.2) is 27.6 Å². The molecule has 10 heteroatoms. The molecule has 0 bridgehead atoms. The Morgan fingerprint density at radius 1 is 1.17 bits per heavy atom. The number of nitrogens with zero attached hydrogens (tertiary/aromatic N) is 3. The van der Waals surface area contributed by atoms with Crippen LogP contribution in [-0.2, 0) is 16.4 Å². The van der Waals surface area contributed by atoms with E-state index in [0.29, 0.717) is 30.0 Å². The number of aromatic nitrogens is 3. The fourth-order valence-corrected chi connectivity index (χ4v) is 3.27. The van der Waals surface area contributed by atoms with Crippen LogP contribution in [0.4, 0.5) is 24.7 Å². The topological polar surface area (TPSA) is 92.9 Å². The highest BCUT2D eigenvalue weighted by Crippen LogP contribution is 2.35. The fourth-order valence-electron chi connectivity index (χ4n) is 3.27. The van der Waals surface area contributed by atoms with Crippen LogP contribution in [0.25, 0.3) is 11.5 Å². The lowest BCUT2D eigenvalue weighted by molar-refractivity contribution is -0.137. The van der Waals surface area contributed by atoms with Crippen LogP contribution < -0.4 is 10.6 Å². The molecule has 1 aliphatic rings. The van der Waals surface area contributed by atoms with Crippen molar-refractivity contribution >= 4 is 17.4 Å². The first-order valence-corrected chi connectivity index (χ1v) is 9.29. The Hall–Kier alpha value is -3.43. The molecule has 1 aromatic carbocycles. The molecule has 2 aromatic heterocycles. The first-order valence-electron chi connectivity index (χ1n) is 9.29. The number of carbonyl (C=O) groups excluding carboxylic acids is 1. The van der Waals surface area contributed by atoms with Crippen molar-refractivity contribution in [1.29, 1.82) is 0 Å². The van der Waals surface area contributed by atoms with Crippen LogP contribution in [0.5, 0.6) is 0 Å². The van der Waals surface area contributed by atoms with Gasteiger partial charge in [0.2, 0.25) is 11.8 Å². The Labute approximate surface area is 169 Å². The molecule has 2 N–H and O–H groups in total. The summed E-state index contributed by atoms with van der Waals surface area (Å²) in [4.78, 5) is 16.6. The number of pyridine rings is 1. The standard InChI is InChI=1S/C20H18F3N5O2/c1-19(9-3-11-25-17(19)29)18-28-27-16(30-18)14-4-2-10-24-15(14)26-13-7-5-12(6-8-13)20(21,22)23/h2,4-8,10H,3,9,11H2,1H3,(H,24,26)(H,25,29)/t19-/m0/s1. The van der Waals surface area contributed by atoms with E-state index in [9.17, 15) is 18.0 Å². The number of halogens is 3. The molecule has 0 unspecified atom stereocenters. The van der Waals surface area contributed by atoms with E-state index < -0.39 is 17.2 Å². The molecule has 1 aliphatic heterocycles. The van der Waals surface area contributed by atoms with Crippen LogP contribution in [0.15, 0.2) is 47.0 Å². The molecule has 1 fully saturated rings. The van der Waals surface area contributed by atoms with Crippen molar-refractivity contribution in [2.24, 2.45) is 0 Å². The summed E-state index contributed by atoms with van der Waals surface area (Å²) in [5.74, 6) is 0.537. The van der Waals surface area contributed by atoms with Crippen LogP contribution >= 0.6 is 0 Å². The molecule has 0 radical (unpaired) electrons. The van der Waals surface area contributed by atoms with Gasteiger partial charge in [-0.05, 0) is 56.2 Å². The van der Waals surface area contributed by atoms with E-state index in [4.69, 9.17) is 4.42 Å². The van der Waals surface area contributed by atoms with Gasteiger partial charge in [0.1, 0.15) is 11.2 Å². The lowest BCUT2D eigenvalue weighted by atomic mass is 9.82. The van der Waals surface area contributed by atoms with Gasteiger partial charge in [-0.3, -0.25) is 4.79 Å². The number of benzene rings is 1. The van der Waals surface area contributed by atoms with Crippen molar-refractivity contribution in [2.75, 3.05) is 11.9 Å². The zero-order valence-electron chi connectivity index (χ0n) is 16.0. The average Bonchev–Trinajstić information content (AvgIpc) is 3.21. The number of carbonyl (C=O) groups is 1. The van der Waals surface area contributed by atoms with Gasteiger partial charge in [0.05, 0.1) is 11.1 Å². The zero-order chi connectivity index (χ0) is 21.4. The molecule has 0 aliphatic carbocycles. The van der Waals surface area contributed by atoms with Crippen LogP contribution in [0.3, 0.4) is 0 Å². The van der Waals surface area contributed by atoms with Crippen molar-refractivity contribution in [1.82, 2.24) is 20.5 Å². The molecule has 0 saturated carbocycles. The second-order valence-electron chi connectivity index (χ2n) is 7.20. The number of alkyl halides is 3. The molecule has 7 nitrogen and oxygen atoms in total. The number of amides is 1. The minimum atomic E-state index is -4.41. The Balaban J connectivity index is 1.61. The molecular weight excluding hydrogens is 399 g/mol. The highest BCUT2D eigenvalue weighted by molar-refractivity contribution is 5.87. The van der Waals surface area contributed by atoms with Gasteiger partial charge in [-0.1, -0.05) is 0 Å². The Morgan fingerprint density at radius 3 is 2.63 bits per heavy atom. The van der Waals surface area contributed by atoms with Gasteiger partial charge in [0.25, 0.3) is 5.89 Å². The zero-order valence-corrected chi connectivity index (χ0v) is 16.0. The summed E-state index contributed by atoms with van der Waals surface area (Å²) in [5.41, 5.74) is -0.765. The quantitative estimate of drug-likeness (QED) is 0.665. The van der Waals surface area contributed by atoms with Crippen molar-refractivity contribution in [3.05, 3.63) is 54.0 Å². The SMILES string of the molecule is C[C@]1(c2nnc(-c3cccnc3Nc3ccc(C(F)(F)F)cc3)o2)CCCNC1=O. The first-order chi connectivity index (χ1) is 14.3. The highest BCUT2D eigenvalue weighted by atomic mass is 19.4. The number of nitrogens with one attached hydrogen (secondary N) is 2. The third-order valence-electron chi connectivity index (χ3n) is 5.05. The van der Waals surface area contributed by atoms with Gasteiger partial charge in [-0.15, -0.1) is 10.2 Å². The summed E-state index contributed by atoms with van der Waals surface area (Å²) in [5, 5.41) is 13.9. The lowest BCUT2D eigenvalue weighted by Gasteiger charge is -2.28.